The summed E-state index contributed by atoms with van der Waals surface area (Å²) in [6.07, 6.45) is 7.78. The van der Waals surface area contributed by atoms with Crippen LogP contribution < -0.4 is 5.32 Å². The van der Waals surface area contributed by atoms with E-state index in [2.05, 4.69) is 28.2 Å². The molecule has 2 heterocycles. The summed E-state index contributed by atoms with van der Waals surface area (Å²) in [5.74, 6) is 0. The molecule has 94 valence electrons. The average molecular weight is 233 g/mol. The zero-order valence-corrected chi connectivity index (χ0v) is 10.7. The summed E-state index contributed by atoms with van der Waals surface area (Å²) in [5, 5.41) is 3.56. The lowest BCUT2D eigenvalue weighted by molar-refractivity contribution is 0.328. The summed E-state index contributed by atoms with van der Waals surface area (Å²) in [4.78, 5) is 6.71. The number of rotatable bonds is 6. The monoisotopic (exact) mass is 233 g/mol. The van der Waals surface area contributed by atoms with E-state index >= 15 is 0 Å². The van der Waals surface area contributed by atoms with Gasteiger partial charge in [-0.25, -0.2) is 0 Å². The molecule has 0 aromatic carbocycles. The first kappa shape index (κ1) is 12.5. The summed E-state index contributed by atoms with van der Waals surface area (Å²) in [7, 11) is 0. The van der Waals surface area contributed by atoms with Gasteiger partial charge >= 0.3 is 0 Å². The molecule has 1 aromatic heterocycles. The molecule has 1 fully saturated rings. The molecule has 0 amide bonds. The quantitative estimate of drug-likeness (QED) is 0.764. The topological polar surface area (TPSA) is 28.2 Å². The Labute approximate surface area is 104 Å². The van der Waals surface area contributed by atoms with E-state index in [0.29, 0.717) is 6.04 Å². The highest BCUT2D eigenvalue weighted by molar-refractivity contribution is 5.12. The van der Waals surface area contributed by atoms with E-state index in [0.717, 1.165) is 6.54 Å². The molecule has 1 atom stereocenters. The van der Waals surface area contributed by atoms with E-state index in [-0.39, 0.29) is 0 Å². The van der Waals surface area contributed by atoms with Gasteiger partial charge in [-0.05, 0) is 64.0 Å². The number of nitrogens with zero attached hydrogens (tertiary/aromatic N) is 2. The molecule has 1 aromatic rings. The number of likely N-dealkylation sites (tertiary alicyclic amines) is 1. The van der Waals surface area contributed by atoms with Crippen molar-refractivity contribution in [2.45, 2.75) is 32.2 Å². The molecule has 1 saturated heterocycles. The maximum absolute atomic E-state index is 4.15. The van der Waals surface area contributed by atoms with Crippen LogP contribution in [0.1, 0.15) is 37.8 Å². The molecule has 0 unspecified atom stereocenters. The molecule has 3 nitrogen and oxygen atoms in total. The lowest BCUT2D eigenvalue weighted by Crippen LogP contribution is -2.26. The zero-order chi connectivity index (χ0) is 11.9. The van der Waals surface area contributed by atoms with Crippen LogP contribution in [-0.2, 0) is 0 Å². The van der Waals surface area contributed by atoms with Gasteiger partial charge in [-0.2, -0.15) is 0 Å². The van der Waals surface area contributed by atoms with Crippen LogP contribution in [0.3, 0.4) is 0 Å². The van der Waals surface area contributed by atoms with Crippen LogP contribution in [0.15, 0.2) is 24.5 Å². The van der Waals surface area contributed by atoms with E-state index in [1.165, 1.54) is 44.5 Å². The highest BCUT2D eigenvalue weighted by atomic mass is 15.1. The third kappa shape index (κ3) is 4.10. The van der Waals surface area contributed by atoms with Crippen molar-refractivity contribution < 1.29 is 0 Å². The van der Waals surface area contributed by atoms with E-state index in [1.54, 1.807) is 0 Å². The maximum atomic E-state index is 4.15. The van der Waals surface area contributed by atoms with Crippen molar-refractivity contribution in [3.05, 3.63) is 30.1 Å². The lowest BCUT2D eigenvalue weighted by atomic mass is 10.1. The Morgan fingerprint density at radius 2 is 2.24 bits per heavy atom. The maximum Gasteiger partial charge on any atom is 0.0315 e. The molecule has 0 aliphatic carbocycles. The second-order valence-electron chi connectivity index (χ2n) is 4.86. The minimum Gasteiger partial charge on any atom is -0.310 e. The predicted octanol–water partition coefficient (Wildman–Crippen LogP) is 2.22. The Hall–Kier alpha value is -0.930. The number of hydrogen-bond donors (Lipinski definition) is 1. The smallest absolute Gasteiger partial charge is 0.0315 e. The third-order valence-electron chi connectivity index (χ3n) is 3.48. The van der Waals surface area contributed by atoms with E-state index in [9.17, 15) is 0 Å². The van der Waals surface area contributed by atoms with E-state index in [1.807, 2.05) is 18.5 Å². The van der Waals surface area contributed by atoms with Gasteiger partial charge in [0.05, 0.1) is 0 Å². The van der Waals surface area contributed by atoms with Gasteiger partial charge in [-0.1, -0.05) is 6.07 Å². The van der Waals surface area contributed by atoms with Gasteiger partial charge in [0.2, 0.25) is 0 Å². The number of pyridine rings is 1. The molecule has 0 spiro atoms. The molecule has 1 aliphatic rings. The van der Waals surface area contributed by atoms with Crippen LogP contribution >= 0.6 is 0 Å². The van der Waals surface area contributed by atoms with Gasteiger partial charge in [-0.3, -0.25) is 4.98 Å². The molecule has 2 rings (SSSR count). The van der Waals surface area contributed by atoms with Gasteiger partial charge in [0, 0.05) is 18.4 Å². The molecule has 0 radical (unpaired) electrons. The second kappa shape index (κ2) is 6.72. The van der Waals surface area contributed by atoms with Gasteiger partial charge in [0.15, 0.2) is 0 Å². The van der Waals surface area contributed by atoms with Crippen LogP contribution in [0.25, 0.3) is 0 Å². The summed E-state index contributed by atoms with van der Waals surface area (Å²) < 4.78 is 0. The minimum atomic E-state index is 0.405. The van der Waals surface area contributed by atoms with Gasteiger partial charge in [-0.15, -0.1) is 0 Å². The Kier molecular flexibility index (Phi) is 4.95. The van der Waals surface area contributed by atoms with Crippen LogP contribution in [0.4, 0.5) is 0 Å². The summed E-state index contributed by atoms with van der Waals surface area (Å²) in [6, 6.07) is 4.53. The number of hydrogen-bond acceptors (Lipinski definition) is 3. The predicted molar refractivity (Wildman–Crippen MR) is 70.9 cm³/mol. The normalized spacial score (nSPS) is 18.4. The molecule has 1 aliphatic heterocycles. The third-order valence-corrected chi connectivity index (χ3v) is 3.48. The summed E-state index contributed by atoms with van der Waals surface area (Å²) in [6.45, 7) is 7.14. The molecular weight excluding hydrogens is 210 g/mol. The fourth-order valence-corrected chi connectivity index (χ4v) is 2.38. The van der Waals surface area contributed by atoms with Crippen molar-refractivity contribution in [1.29, 1.82) is 0 Å². The van der Waals surface area contributed by atoms with Gasteiger partial charge in [0.1, 0.15) is 0 Å². The molecular formula is C14H23N3. The van der Waals surface area contributed by atoms with Gasteiger partial charge < -0.3 is 10.2 Å². The first-order valence-electron chi connectivity index (χ1n) is 6.72. The van der Waals surface area contributed by atoms with Crippen LogP contribution in [0.5, 0.6) is 0 Å². The lowest BCUT2D eigenvalue weighted by Gasteiger charge is -2.17. The van der Waals surface area contributed by atoms with Crippen molar-refractivity contribution in [2.24, 2.45) is 0 Å². The standard InChI is InChI=1S/C14H23N3/c1-13(14-6-4-7-15-12-14)16-8-5-11-17-9-2-3-10-17/h4,6-7,12-13,16H,2-3,5,8-11H2,1H3/t13-/m1/s1. The van der Waals surface area contributed by atoms with Crippen LogP contribution in [0.2, 0.25) is 0 Å². The Balaban J connectivity index is 1.61. The van der Waals surface area contributed by atoms with E-state index < -0.39 is 0 Å². The molecule has 0 saturated carbocycles. The fraction of sp³-hybridized carbons (Fsp3) is 0.643. The molecule has 3 heteroatoms. The van der Waals surface area contributed by atoms with Crippen LogP contribution in [0, 0.1) is 0 Å². The Bertz CT molecular complexity index is 307. The van der Waals surface area contributed by atoms with E-state index in [4.69, 9.17) is 0 Å². The van der Waals surface area contributed by atoms with Crippen molar-refractivity contribution in [2.75, 3.05) is 26.2 Å². The van der Waals surface area contributed by atoms with Gasteiger partial charge in [0.25, 0.3) is 0 Å². The SMILES string of the molecule is C[C@@H](NCCCN1CCCC1)c1cccnc1. The number of nitrogens with one attached hydrogen (secondary N) is 1. The molecule has 1 N–H and O–H groups in total. The zero-order valence-electron chi connectivity index (χ0n) is 10.7. The molecule has 17 heavy (non-hydrogen) atoms. The first-order chi connectivity index (χ1) is 8.36. The summed E-state index contributed by atoms with van der Waals surface area (Å²) in [5.41, 5.74) is 1.27. The van der Waals surface area contributed by atoms with Crippen LogP contribution in [-0.4, -0.2) is 36.1 Å². The fourth-order valence-electron chi connectivity index (χ4n) is 2.38. The Morgan fingerprint density at radius 1 is 1.41 bits per heavy atom. The average Bonchev–Trinajstić information content (AvgIpc) is 2.88. The van der Waals surface area contributed by atoms with Crippen molar-refractivity contribution >= 4 is 0 Å². The number of aromatic nitrogens is 1. The highest BCUT2D eigenvalue weighted by Crippen LogP contribution is 2.10. The second-order valence-corrected chi connectivity index (χ2v) is 4.86. The minimum absolute atomic E-state index is 0.405. The summed E-state index contributed by atoms with van der Waals surface area (Å²) >= 11 is 0. The Morgan fingerprint density at radius 3 is 2.94 bits per heavy atom. The first-order valence-corrected chi connectivity index (χ1v) is 6.72. The highest BCUT2D eigenvalue weighted by Gasteiger charge is 2.10. The van der Waals surface area contributed by atoms with Crippen molar-refractivity contribution in [1.82, 2.24) is 15.2 Å². The largest absolute Gasteiger partial charge is 0.310 e. The molecule has 0 bridgehead atoms. The van der Waals surface area contributed by atoms with Crippen molar-refractivity contribution in [3.63, 3.8) is 0 Å². The van der Waals surface area contributed by atoms with Crippen molar-refractivity contribution in [3.8, 4) is 0 Å².